The van der Waals surface area contributed by atoms with Gasteiger partial charge < -0.3 is 10.2 Å². The molecule has 1 heterocycles. The van der Waals surface area contributed by atoms with Gasteiger partial charge in [0.05, 0.1) is 12.3 Å². The summed E-state index contributed by atoms with van der Waals surface area (Å²) in [6.45, 7) is 7.10. The number of likely N-dealkylation sites (N-methyl/N-ethyl adjacent to an activating group) is 1. The third-order valence-corrected chi connectivity index (χ3v) is 2.74. The van der Waals surface area contributed by atoms with Crippen molar-refractivity contribution in [2.24, 2.45) is 5.73 Å². The molecule has 0 radical (unpaired) electrons. The third kappa shape index (κ3) is 3.36. The second-order valence-corrected chi connectivity index (χ2v) is 3.75. The Bertz CT molecular complexity index is 246. The molecule has 2 N–H and O–H groups in total. The minimum Gasteiger partial charge on any atom is -0.468 e. The molecule has 0 aliphatic heterocycles. The van der Waals surface area contributed by atoms with Crippen LogP contribution in [0.15, 0.2) is 22.8 Å². The second kappa shape index (κ2) is 6.64. The Kier molecular flexibility index (Phi) is 5.43. The minimum atomic E-state index is 0.233. The van der Waals surface area contributed by atoms with Gasteiger partial charge in [0.1, 0.15) is 5.76 Å². The van der Waals surface area contributed by atoms with E-state index >= 15 is 0 Å². The Hall–Kier alpha value is -0.800. The Morgan fingerprint density at radius 2 is 2.27 bits per heavy atom. The molecule has 0 amide bonds. The largest absolute Gasteiger partial charge is 0.468 e. The van der Waals surface area contributed by atoms with E-state index in [1.807, 2.05) is 12.1 Å². The maximum absolute atomic E-state index is 5.81. The molecular formula is C12H22N2O. The minimum absolute atomic E-state index is 0.233. The number of furan rings is 1. The molecule has 0 aliphatic rings. The van der Waals surface area contributed by atoms with Crippen LogP contribution in [-0.2, 0) is 0 Å². The highest BCUT2D eigenvalue weighted by atomic mass is 16.3. The van der Waals surface area contributed by atoms with Gasteiger partial charge in [0.2, 0.25) is 0 Å². The van der Waals surface area contributed by atoms with Crippen LogP contribution in [0.25, 0.3) is 0 Å². The van der Waals surface area contributed by atoms with Crippen LogP contribution in [0, 0.1) is 0 Å². The van der Waals surface area contributed by atoms with Gasteiger partial charge in [-0.1, -0.05) is 20.3 Å². The van der Waals surface area contributed by atoms with Crippen LogP contribution in [0.4, 0.5) is 0 Å². The first-order chi connectivity index (χ1) is 7.33. The van der Waals surface area contributed by atoms with Crippen molar-refractivity contribution in [2.45, 2.75) is 32.7 Å². The van der Waals surface area contributed by atoms with Gasteiger partial charge in [-0.2, -0.15) is 0 Å². The zero-order chi connectivity index (χ0) is 11.1. The lowest BCUT2D eigenvalue weighted by molar-refractivity contribution is 0.186. The van der Waals surface area contributed by atoms with E-state index in [9.17, 15) is 0 Å². The van der Waals surface area contributed by atoms with E-state index in [-0.39, 0.29) is 6.04 Å². The standard InChI is InChI=1S/C12H22N2O/c1-3-5-8-14(4-2)11(10-13)12-7-6-9-15-12/h6-7,9,11H,3-5,8,10,13H2,1-2H3. The fourth-order valence-corrected chi connectivity index (χ4v) is 1.82. The summed E-state index contributed by atoms with van der Waals surface area (Å²) in [6.07, 6.45) is 4.14. The summed E-state index contributed by atoms with van der Waals surface area (Å²) in [5, 5.41) is 0. The van der Waals surface area contributed by atoms with Crippen LogP contribution in [0.3, 0.4) is 0 Å². The lowest BCUT2D eigenvalue weighted by Gasteiger charge is -2.28. The fourth-order valence-electron chi connectivity index (χ4n) is 1.82. The lowest BCUT2D eigenvalue weighted by atomic mass is 10.1. The Morgan fingerprint density at radius 3 is 2.73 bits per heavy atom. The second-order valence-electron chi connectivity index (χ2n) is 3.75. The van der Waals surface area contributed by atoms with Crippen molar-refractivity contribution < 1.29 is 4.42 Å². The first-order valence-electron chi connectivity index (χ1n) is 5.81. The topological polar surface area (TPSA) is 42.4 Å². The molecule has 86 valence electrons. The van der Waals surface area contributed by atoms with Gasteiger partial charge in [0.15, 0.2) is 0 Å². The summed E-state index contributed by atoms with van der Waals surface area (Å²) in [5.74, 6) is 0.982. The molecule has 0 bridgehead atoms. The van der Waals surface area contributed by atoms with Gasteiger partial charge in [0.25, 0.3) is 0 Å². The molecule has 1 unspecified atom stereocenters. The van der Waals surface area contributed by atoms with Crippen molar-refractivity contribution >= 4 is 0 Å². The maximum atomic E-state index is 5.81. The highest BCUT2D eigenvalue weighted by molar-refractivity contribution is 5.05. The van der Waals surface area contributed by atoms with E-state index in [2.05, 4.69) is 18.7 Å². The molecule has 0 fully saturated rings. The van der Waals surface area contributed by atoms with Crippen LogP contribution in [0.2, 0.25) is 0 Å². The van der Waals surface area contributed by atoms with Crippen molar-refractivity contribution in [2.75, 3.05) is 19.6 Å². The van der Waals surface area contributed by atoms with Crippen LogP contribution in [0.5, 0.6) is 0 Å². The maximum Gasteiger partial charge on any atom is 0.122 e. The normalized spacial score (nSPS) is 13.3. The molecular weight excluding hydrogens is 188 g/mol. The van der Waals surface area contributed by atoms with Gasteiger partial charge in [-0.25, -0.2) is 0 Å². The molecule has 1 aromatic heterocycles. The third-order valence-electron chi connectivity index (χ3n) is 2.74. The smallest absolute Gasteiger partial charge is 0.122 e. The molecule has 15 heavy (non-hydrogen) atoms. The lowest BCUT2D eigenvalue weighted by Crippen LogP contribution is -2.34. The van der Waals surface area contributed by atoms with Gasteiger partial charge in [0, 0.05) is 6.54 Å². The molecule has 0 saturated heterocycles. The summed E-state index contributed by atoms with van der Waals surface area (Å²) in [6, 6.07) is 4.16. The number of nitrogens with zero attached hydrogens (tertiary/aromatic N) is 1. The van der Waals surface area contributed by atoms with Gasteiger partial charge >= 0.3 is 0 Å². The van der Waals surface area contributed by atoms with E-state index in [0.29, 0.717) is 6.54 Å². The van der Waals surface area contributed by atoms with Gasteiger partial charge in [-0.3, -0.25) is 4.90 Å². The number of hydrogen-bond acceptors (Lipinski definition) is 3. The summed E-state index contributed by atoms with van der Waals surface area (Å²) < 4.78 is 5.43. The van der Waals surface area contributed by atoms with Crippen LogP contribution in [0.1, 0.15) is 38.5 Å². The average Bonchev–Trinajstić information content (AvgIpc) is 2.77. The highest BCUT2D eigenvalue weighted by Crippen LogP contribution is 2.20. The van der Waals surface area contributed by atoms with Crippen molar-refractivity contribution in [3.8, 4) is 0 Å². The van der Waals surface area contributed by atoms with Crippen LogP contribution >= 0.6 is 0 Å². The summed E-state index contributed by atoms with van der Waals surface area (Å²) in [4.78, 5) is 2.38. The summed E-state index contributed by atoms with van der Waals surface area (Å²) in [5.41, 5.74) is 5.81. The van der Waals surface area contributed by atoms with Crippen molar-refractivity contribution in [3.05, 3.63) is 24.2 Å². The quantitative estimate of drug-likeness (QED) is 0.751. The van der Waals surface area contributed by atoms with Crippen molar-refractivity contribution in [3.63, 3.8) is 0 Å². The summed E-state index contributed by atoms with van der Waals surface area (Å²) in [7, 11) is 0. The number of hydrogen-bond donors (Lipinski definition) is 1. The first kappa shape index (κ1) is 12.3. The van der Waals surface area contributed by atoms with Gasteiger partial charge in [-0.05, 0) is 31.6 Å². The molecule has 0 spiro atoms. The predicted molar refractivity (Wildman–Crippen MR) is 62.7 cm³/mol. The average molecular weight is 210 g/mol. The Labute approximate surface area is 92.2 Å². The van der Waals surface area contributed by atoms with Gasteiger partial charge in [-0.15, -0.1) is 0 Å². The number of rotatable bonds is 7. The van der Waals surface area contributed by atoms with E-state index in [1.165, 1.54) is 12.8 Å². The monoisotopic (exact) mass is 210 g/mol. The first-order valence-corrected chi connectivity index (χ1v) is 5.81. The molecule has 0 aliphatic carbocycles. The predicted octanol–water partition coefficient (Wildman–Crippen LogP) is 2.40. The van der Waals surface area contributed by atoms with E-state index in [1.54, 1.807) is 6.26 Å². The molecule has 1 aromatic rings. The number of unbranched alkanes of at least 4 members (excludes halogenated alkanes) is 1. The fraction of sp³-hybridized carbons (Fsp3) is 0.667. The zero-order valence-electron chi connectivity index (χ0n) is 9.78. The molecule has 3 nitrogen and oxygen atoms in total. The molecule has 0 saturated carbocycles. The van der Waals surface area contributed by atoms with E-state index in [0.717, 1.165) is 18.8 Å². The molecule has 1 atom stereocenters. The Morgan fingerprint density at radius 1 is 1.47 bits per heavy atom. The zero-order valence-corrected chi connectivity index (χ0v) is 9.78. The Balaban J connectivity index is 2.62. The molecule has 0 aromatic carbocycles. The van der Waals surface area contributed by atoms with E-state index < -0.39 is 0 Å². The van der Waals surface area contributed by atoms with Crippen molar-refractivity contribution in [1.29, 1.82) is 0 Å². The summed E-state index contributed by atoms with van der Waals surface area (Å²) >= 11 is 0. The molecule has 3 heteroatoms. The highest BCUT2D eigenvalue weighted by Gasteiger charge is 2.19. The molecule has 1 rings (SSSR count). The number of nitrogens with two attached hydrogens (primary N) is 1. The SMILES string of the molecule is CCCCN(CC)C(CN)c1ccco1. The van der Waals surface area contributed by atoms with E-state index in [4.69, 9.17) is 10.2 Å². The van der Waals surface area contributed by atoms with Crippen molar-refractivity contribution in [1.82, 2.24) is 4.90 Å². The van der Waals surface area contributed by atoms with Crippen LogP contribution in [-0.4, -0.2) is 24.5 Å². The van der Waals surface area contributed by atoms with Crippen LogP contribution < -0.4 is 5.73 Å².